The first-order chi connectivity index (χ1) is 8.31. The zero-order valence-electron chi connectivity index (χ0n) is 12.1. The van der Waals surface area contributed by atoms with E-state index in [0.29, 0.717) is 5.92 Å². The Bertz CT molecular complexity index is 269. The van der Waals surface area contributed by atoms with Gasteiger partial charge in [-0.05, 0) is 37.5 Å². The molecule has 0 bridgehead atoms. The molecule has 0 aromatic heterocycles. The minimum absolute atomic E-state index is 0.0114. The highest BCUT2D eigenvalue weighted by Gasteiger charge is 2.26. The number of aliphatic hydroxyl groups excluding tert-OH is 1. The van der Waals surface area contributed by atoms with Crippen LogP contribution in [0.3, 0.4) is 0 Å². The standard InChI is InChI=1S/C14H28N2O2/c1-10(11-6-5-7-11)15-13(18)16-12(9-17)8-14(2,3)4/h10-12,17H,5-9H2,1-4H3,(H2,15,16,18). The molecule has 0 heterocycles. The maximum absolute atomic E-state index is 11.8. The van der Waals surface area contributed by atoms with Crippen molar-refractivity contribution in [3.63, 3.8) is 0 Å². The number of urea groups is 1. The van der Waals surface area contributed by atoms with Crippen LogP contribution >= 0.6 is 0 Å². The summed E-state index contributed by atoms with van der Waals surface area (Å²) < 4.78 is 0. The predicted octanol–water partition coefficient (Wildman–Crippen LogP) is 2.27. The second kappa shape index (κ2) is 6.41. The summed E-state index contributed by atoms with van der Waals surface area (Å²) in [5.41, 5.74) is 0.0975. The Morgan fingerprint density at radius 3 is 2.33 bits per heavy atom. The number of nitrogens with one attached hydrogen (secondary N) is 2. The fraction of sp³-hybridized carbons (Fsp3) is 0.929. The van der Waals surface area contributed by atoms with Crippen LogP contribution in [0.25, 0.3) is 0 Å². The molecule has 4 nitrogen and oxygen atoms in total. The third-order valence-corrected chi connectivity index (χ3v) is 3.63. The van der Waals surface area contributed by atoms with E-state index in [-0.39, 0.29) is 30.1 Å². The Balaban J connectivity index is 2.32. The molecule has 18 heavy (non-hydrogen) atoms. The van der Waals surface area contributed by atoms with E-state index < -0.39 is 0 Å². The van der Waals surface area contributed by atoms with Crippen molar-refractivity contribution < 1.29 is 9.90 Å². The number of rotatable bonds is 5. The van der Waals surface area contributed by atoms with Gasteiger partial charge in [0.1, 0.15) is 0 Å². The summed E-state index contributed by atoms with van der Waals surface area (Å²) in [6, 6.07) is -0.0935. The van der Waals surface area contributed by atoms with Crippen LogP contribution in [-0.2, 0) is 0 Å². The molecule has 2 amide bonds. The lowest BCUT2D eigenvalue weighted by molar-refractivity contribution is 0.182. The Morgan fingerprint density at radius 2 is 1.94 bits per heavy atom. The summed E-state index contributed by atoms with van der Waals surface area (Å²) in [6.45, 7) is 8.36. The molecule has 1 rings (SSSR count). The monoisotopic (exact) mass is 256 g/mol. The normalized spacial score (nSPS) is 19.8. The Hall–Kier alpha value is -0.770. The highest BCUT2D eigenvalue weighted by atomic mass is 16.3. The van der Waals surface area contributed by atoms with Crippen molar-refractivity contribution in [3.05, 3.63) is 0 Å². The first kappa shape index (κ1) is 15.3. The summed E-state index contributed by atoms with van der Waals surface area (Å²) in [7, 11) is 0. The molecule has 1 fully saturated rings. The van der Waals surface area contributed by atoms with Crippen molar-refractivity contribution in [2.75, 3.05) is 6.61 Å². The van der Waals surface area contributed by atoms with E-state index in [1.807, 2.05) is 0 Å². The topological polar surface area (TPSA) is 61.4 Å². The maximum atomic E-state index is 11.8. The summed E-state index contributed by atoms with van der Waals surface area (Å²) in [4.78, 5) is 11.8. The average Bonchev–Trinajstić information content (AvgIpc) is 2.10. The van der Waals surface area contributed by atoms with Crippen molar-refractivity contribution in [2.45, 2.75) is 65.5 Å². The van der Waals surface area contributed by atoms with Gasteiger partial charge in [-0.15, -0.1) is 0 Å². The van der Waals surface area contributed by atoms with E-state index >= 15 is 0 Å². The lowest BCUT2D eigenvalue weighted by Gasteiger charge is -2.32. The lowest BCUT2D eigenvalue weighted by Crippen LogP contribution is -2.50. The molecule has 0 radical (unpaired) electrons. The van der Waals surface area contributed by atoms with Crippen LogP contribution in [0.5, 0.6) is 0 Å². The van der Waals surface area contributed by atoms with E-state index in [1.165, 1.54) is 19.3 Å². The molecule has 0 saturated heterocycles. The zero-order valence-corrected chi connectivity index (χ0v) is 12.1. The minimum Gasteiger partial charge on any atom is -0.394 e. The molecule has 2 unspecified atom stereocenters. The van der Waals surface area contributed by atoms with Gasteiger partial charge in [0.05, 0.1) is 12.6 Å². The summed E-state index contributed by atoms with van der Waals surface area (Å²) >= 11 is 0. The molecule has 1 aliphatic rings. The van der Waals surface area contributed by atoms with Crippen LogP contribution in [0.4, 0.5) is 4.79 Å². The molecule has 4 heteroatoms. The molecule has 1 aliphatic carbocycles. The van der Waals surface area contributed by atoms with Gasteiger partial charge >= 0.3 is 6.03 Å². The maximum Gasteiger partial charge on any atom is 0.315 e. The number of carbonyl (C=O) groups excluding carboxylic acids is 1. The van der Waals surface area contributed by atoms with Crippen molar-refractivity contribution in [3.8, 4) is 0 Å². The number of hydrogen-bond donors (Lipinski definition) is 3. The van der Waals surface area contributed by atoms with Crippen molar-refractivity contribution in [2.24, 2.45) is 11.3 Å². The molecule has 0 aromatic carbocycles. The third kappa shape index (κ3) is 5.25. The van der Waals surface area contributed by atoms with E-state index in [9.17, 15) is 9.90 Å². The first-order valence-electron chi connectivity index (χ1n) is 6.99. The van der Waals surface area contributed by atoms with Crippen molar-refractivity contribution >= 4 is 6.03 Å². The second-order valence-corrected chi connectivity index (χ2v) is 6.74. The van der Waals surface area contributed by atoms with Crippen LogP contribution < -0.4 is 10.6 Å². The molecule has 3 N–H and O–H groups in total. The molecular formula is C14H28N2O2. The van der Waals surface area contributed by atoms with Gasteiger partial charge in [-0.1, -0.05) is 27.2 Å². The molecule has 0 aromatic rings. The number of carbonyl (C=O) groups is 1. The van der Waals surface area contributed by atoms with E-state index in [2.05, 4.69) is 38.3 Å². The largest absolute Gasteiger partial charge is 0.394 e. The minimum atomic E-state index is -0.168. The second-order valence-electron chi connectivity index (χ2n) is 6.74. The lowest BCUT2D eigenvalue weighted by atomic mass is 9.80. The van der Waals surface area contributed by atoms with Crippen LogP contribution in [-0.4, -0.2) is 29.8 Å². The fourth-order valence-corrected chi connectivity index (χ4v) is 2.39. The van der Waals surface area contributed by atoms with Gasteiger partial charge in [0, 0.05) is 6.04 Å². The van der Waals surface area contributed by atoms with E-state index in [1.54, 1.807) is 0 Å². The van der Waals surface area contributed by atoms with Gasteiger partial charge in [-0.25, -0.2) is 4.79 Å². The van der Waals surface area contributed by atoms with Gasteiger partial charge < -0.3 is 15.7 Å². The molecule has 0 spiro atoms. The average molecular weight is 256 g/mol. The Kier molecular flexibility index (Phi) is 5.45. The van der Waals surface area contributed by atoms with Gasteiger partial charge in [0.2, 0.25) is 0 Å². The Labute approximate surface area is 111 Å². The molecule has 106 valence electrons. The number of aliphatic hydroxyl groups is 1. The number of hydrogen-bond acceptors (Lipinski definition) is 2. The quantitative estimate of drug-likeness (QED) is 0.706. The van der Waals surface area contributed by atoms with Gasteiger partial charge in [-0.3, -0.25) is 0 Å². The highest BCUT2D eigenvalue weighted by Crippen LogP contribution is 2.29. The smallest absolute Gasteiger partial charge is 0.315 e. The van der Waals surface area contributed by atoms with Gasteiger partial charge in [0.25, 0.3) is 0 Å². The van der Waals surface area contributed by atoms with Gasteiger partial charge in [-0.2, -0.15) is 0 Å². The van der Waals surface area contributed by atoms with Crippen LogP contribution in [0, 0.1) is 11.3 Å². The molecule has 0 aliphatic heterocycles. The van der Waals surface area contributed by atoms with Crippen molar-refractivity contribution in [1.82, 2.24) is 10.6 Å². The van der Waals surface area contributed by atoms with Gasteiger partial charge in [0.15, 0.2) is 0 Å². The van der Waals surface area contributed by atoms with Crippen LogP contribution in [0.2, 0.25) is 0 Å². The first-order valence-corrected chi connectivity index (χ1v) is 6.99. The highest BCUT2D eigenvalue weighted by molar-refractivity contribution is 5.74. The fourth-order valence-electron chi connectivity index (χ4n) is 2.39. The van der Waals surface area contributed by atoms with E-state index in [4.69, 9.17) is 0 Å². The van der Waals surface area contributed by atoms with Crippen molar-refractivity contribution in [1.29, 1.82) is 0 Å². The summed E-state index contributed by atoms with van der Waals surface area (Å²) in [5.74, 6) is 0.631. The molecule has 1 saturated carbocycles. The molecular weight excluding hydrogens is 228 g/mol. The summed E-state index contributed by atoms with van der Waals surface area (Å²) in [5, 5.41) is 15.1. The third-order valence-electron chi connectivity index (χ3n) is 3.63. The predicted molar refractivity (Wildman–Crippen MR) is 73.4 cm³/mol. The van der Waals surface area contributed by atoms with Crippen LogP contribution in [0.15, 0.2) is 0 Å². The molecule has 2 atom stereocenters. The zero-order chi connectivity index (χ0) is 13.8. The van der Waals surface area contributed by atoms with Crippen LogP contribution in [0.1, 0.15) is 53.4 Å². The number of amides is 2. The SMILES string of the molecule is CC(NC(=O)NC(CO)CC(C)(C)C)C1CCC1. The summed E-state index contributed by atoms with van der Waals surface area (Å²) in [6.07, 6.45) is 4.48. The van der Waals surface area contributed by atoms with E-state index in [0.717, 1.165) is 6.42 Å². The Morgan fingerprint density at radius 1 is 1.33 bits per heavy atom.